The molecule has 4 amide bonds. The van der Waals surface area contributed by atoms with E-state index >= 15 is 0 Å². The van der Waals surface area contributed by atoms with E-state index in [9.17, 15) is 14.4 Å². The Hall–Kier alpha value is -1.79. The number of carbonyl (C=O) groups is 3. The topological polar surface area (TPSA) is 96.5 Å². The molecule has 7 heteroatoms. The molecule has 0 aliphatic carbocycles. The number of nitrogens with one attached hydrogen (secondary N) is 3. The Morgan fingerprint density at radius 3 is 2.12 bits per heavy atom. The van der Waals surface area contributed by atoms with Crippen LogP contribution in [0.25, 0.3) is 0 Å². The van der Waals surface area contributed by atoms with Gasteiger partial charge in [-0.1, -0.05) is 0 Å². The average molecular weight is 231 g/mol. The molecule has 0 aliphatic rings. The maximum absolute atomic E-state index is 11.1. The molecular weight excluding hydrogens is 214 g/mol. The molecule has 0 aromatic rings. The lowest BCUT2D eigenvalue weighted by Gasteiger charge is -2.19. The predicted molar refractivity (Wildman–Crippen MR) is 56.6 cm³/mol. The largest absolute Gasteiger partial charge is 0.443 e. The number of rotatable bonds is 2. The molecular formula is C9H17N3O4. The molecule has 0 unspecified atom stereocenters. The number of alkyl carbamates (subject to hydrolysis) is 1. The number of carbonyl (C=O) groups excluding carboxylic acids is 3. The average Bonchev–Trinajstić information content (AvgIpc) is 1.98. The van der Waals surface area contributed by atoms with Gasteiger partial charge in [0.1, 0.15) is 5.60 Å². The number of amides is 4. The first kappa shape index (κ1) is 14.2. The fourth-order valence-corrected chi connectivity index (χ4v) is 0.689. The number of hydrogen-bond acceptors (Lipinski definition) is 4. The van der Waals surface area contributed by atoms with Crippen molar-refractivity contribution < 1.29 is 19.1 Å². The Balaban J connectivity index is 3.79. The monoisotopic (exact) mass is 231 g/mol. The Kier molecular flexibility index (Phi) is 5.27. The number of hydrogen-bond donors (Lipinski definition) is 3. The van der Waals surface area contributed by atoms with Gasteiger partial charge in [-0.3, -0.25) is 4.79 Å². The summed E-state index contributed by atoms with van der Waals surface area (Å²) < 4.78 is 4.84. The summed E-state index contributed by atoms with van der Waals surface area (Å²) in [6.07, 6.45) is -0.840. The van der Waals surface area contributed by atoms with E-state index in [1.807, 2.05) is 5.32 Å². The van der Waals surface area contributed by atoms with Gasteiger partial charge in [0.15, 0.2) is 0 Å². The maximum Gasteiger partial charge on any atom is 0.415 e. The van der Waals surface area contributed by atoms with E-state index < -0.39 is 17.7 Å². The zero-order valence-corrected chi connectivity index (χ0v) is 9.84. The lowest BCUT2D eigenvalue weighted by Crippen LogP contribution is -2.45. The quantitative estimate of drug-likeness (QED) is 0.596. The first-order valence-corrected chi connectivity index (χ1v) is 4.73. The molecule has 0 atom stereocenters. The van der Waals surface area contributed by atoms with Gasteiger partial charge in [0.2, 0.25) is 5.91 Å². The highest BCUT2D eigenvalue weighted by atomic mass is 16.6. The van der Waals surface area contributed by atoms with Crippen molar-refractivity contribution in [2.45, 2.75) is 33.3 Å². The van der Waals surface area contributed by atoms with Gasteiger partial charge in [-0.15, -0.1) is 0 Å². The third-order valence-electron chi connectivity index (χ3n) is 1.20. The number of urea groups is 1. The van der Waals surface area contributed by atoms with Gasteiger partial charge >= 0.3 is 12.1 Å². The van der Waals surface area contributed by atoms with Crippen molar-refractivity contribution in [1.82, 2.24) is 16.0 Å². The zero-order valence-electron chi connectivity index (χ0n) is 9.84. The highest BCUT2D eigenvalue weighted by Crippen LogP contribution is 2.05. The van der Waals surface area contributed by atoms with Crippen LogP contribution in [0.2, 0.25) is 0 Å². The van der Waals surface area contributed by atoms with Gasteiger partial charge in [0.25, 0.3) is 0 Å². The molecule has 92 valence electrons. The molecule has 0 fully saturated rings. The summed E-state index contributed by atoms with van der Waals surface area (Å²) in [4.78, 5) is 32.6. The van der Waals surface area contributed by atoms with Crippen molar-refractivity contribution in [2.24, 2.45) is 0 Å². The molecule has 0 rings (SSSR count). The summed E-state index contributed by atoms with van der Waals surface area (Å²) in [5, 5.41) is 6.53. The summed E-state index contributed by atoms with van der Waals surface area (Å²) >= 11 is 0. The van der Waals surface area contributed by atoms with Crippen molar-refractivity contribution in [3.8, 4) is 0 Å². The number of ether oxygens (including phenoxy) is 1. The van der Waals surface area contributed by atoms with Gasteiger partial charge < -0.3 is 15.4 Å². The summed E-state index contributed by atoms with van der Waals surface area (Å²) in [5.74, 6) is -0.280. The molecule has 0 spiro atoms. The Labute approximate surface area is 93.9 Å². The third kappa shape index (κ3) is 8.79. The summed E-state index contributed by atoms with van der Waals surface area (Å²) in [5.41, 5.74) is -0.665. The van der Waals surface area contributed by atoms with Gasteiger partial charge in [-0.25, -0.2) is 14.9 Å². The van der Waals surface area contributed by atoms with E-state index in [0.29, 0.717) is 0 Å². The Morgan fingerprint density at radius 2 is 1.69 bits per heavy atom. The van der Waals surface area contributed by atoms with Crippen LogP contribution in [-0.2, 0) is 9.53 Å². The van der Waals surface area contributed by atoms with Crippen LogP contribution in [0.15, 0.2) is 0 Å². The van der Waals surface area contributed by atoms with Crippen LogP contribution in [0.3, 0.4) is 0 Å². The van der Waals surface area contributed by atoms with Crippen LogP contribution in [0.5, 0.6) is 0 Å². The minimum absolute atomic E-state index is 0.0516. The van der Waals surface area contributed by atoms with Crippen molar-refractivity contribution in [1.29, 1.82) is 0 Å². The van der Waals surface area contributed by atoms with E-state index in [-0.39, 0.29) is 12.6 Å². The van der Waals surface area contributed by atoms with E-state index in [2.05, 4.69) is 10.6 Å². The molecule has 0 heterocycles. The van der Waals surface area contributed by atoms with E-state index in [0.717, 1.165) is 0 Å². The van der Waals surface area contributed by atoms with Crippen LogP contribution >= 0.6 is 0 Å². The third-order valence-corrected chi connectivity index (χ3v) is 1.20. The van der Waals surface area contributed by atoms with Crippen molar-refractivity contribution >= 4 is 18.0 Å². The molecule has 7 nitrogen and oxygen atoms in total. The normalized spacial score (nSPS) is 10.2. The summed E-state index contributed by atoms with van der Waals surface area (Å²) in [7, 11) is 0. The van der Waals surface area contributed by atoms with Crippen molar-refractivity contribution in [3.05, 3.63) is 0 Å². The minimum atomic E-state index is -0.840. The SMILES string of the molecule is CC(=O)NCNC(=O)NC(=O)OC(C)(C)C. The Morgan fingerprint density at radius 1 is 1.12 bits per heavy atom. The minimum Gasteiger partial charge on any atom is -0.443 e. The second kappa shape index (κ2) is 5.94. The van der Waals surface area contributed by atoms with Crippen LogP contribution in [-0.4, -0.2) is 30.3 Å². The second-order valence-electron chi connectivity index (χ2n) is 4.04. The molecule has 0 aromatic carbocycles. The molecule has 0 radical (unpaired) electrons. The molecule has 0 saturated heterocycles. The fraction of sp³-hybridized carbons (Fsp3) is 0.667. The van der Waals surface area contributed by atoms with Crippen LogP contribution in [0.4, 0.5) is 9.59 Å². The lowest BCUT2D eigenvalue weighted by molar-refractivity contribution is -0.118. The van der Waals surface area contributed by atoms with E-state index in [1.165, 1.54) is 6.92 Å². The zero-order chi connectivity index (χ0) is 12.8. The predicted octanol–water partition coefficient (Wildman–Crippen LogP) is 0.314. The van der Waals surface area contributed by atoms with Crippen molar-refractivity contribution in [3.63, 3.8) is 0 Å². The molecule has 3 N–H and O–H groups in total. The molecule has 0 aromatic heterocycles. The van der Waals surface area contributed by atoms with E-state index in [4.69, 9.17) is 4.74 Å². The molecule has 16 heavy (non-hydrogen) atoms. The lowest BCUT2D eigenvalue weighted by atomic mass is 10.2. The number of imide groups is 1. The molecule has 0 saturated carbocycles. The standard InChI is InChI=1S/C9H17N3O4/c1-6(13)10-5-11-7(14)12-8(15)16-9(2,3)4/h5H2,1-4H3,(H,10,13)(H2,11,12,14,15). The van der Waals surface area contributed by atoms with Crippen LogP contribution < -0.4 is 16.0 Å². The highest BCUT2D eigenvalue weighted by molar-refractivity contribution is 5.90. The molecule has 0 bridgehead atoms. The smallest absolute Gasteiger partial charge is 0.415 e. The van der Waals surface area contributed by atoms with Gasteiger partial charge in [0, 0.05) is 6.92 Å². The van der Waals surface area contributed by atoms with Crippen LogP contribution in [0, 0.1) is 0 Å². The maximum atomic E-state index is 11.1. The molecule has 0 aliphatic heterocycles. The van der Waals surface area contributed by atoms with Gasteiger partial charge in [-0.05, 0) is 20.8 Å². The first-order valence-electron chi connectivity index (χ1n) is 4.73. The summed E-state index contributed by atoms with van der Waals surface area (Å²) in [6, 6.07) is -0.733. The first-order chi connectivity index (χ1) is 7.20. The van der Waals surface area contributed by atoms with Gasteiger partial charge in [-0.2, -0.15) is 0 Å². The van der Waals surface area contributed by atoms with Crippen LogP contribution in [0.1, 0.15) is 27.7 Å². The second-order valence-corrected chi connectivity index (χ2v) is 4.04. The Bertz CT molecular complexity index is 283. The van der Waals surface area contributed by atoms with Gasteiger partial charge in [0.05, 0.1) is 6.67 Å². The van der Waals surface area contributed by atoms with E-state index in [1.54, 1.807) is 20.8 Å². The van der Waals surface area contributed by atoms with Crippen molar-refractivity contribution in [2.75, 3.05) is 6.67 Å². The summed E-state index contributed by atoms with van der Waals surface area (Å²) in [6.45, 7) is 6.31. The highest BCUT2D eigenvalue weighted by Gasteiger charge is 2.17. The fourth-order valence-electron chi connectivity index (χ4n) is 0.689.